The zero-order chi connectivity index (χ0) is 13.5. The second-order valence-corrected chi connectivity index (χ2v) is 5.08. The molecule has 0 heterocycles. The first kappa shape index (κ1) is 19.0. The molecule has 6 heteroatoms. The average molecular weight is 280 g/mol. The molecule has 0 unspecified atom stereocenters. The van der Waals surface area contributed by atoms with Gasteiger partial charge in [-0.2, -0.15) is 23.5 Å². The molecule has 2 N–H and O–H groups in total. The minimum Gasteiger partial charge on any atom is -0.359 e. The molecule has 2 amide bonds. The zero-order valence-corrected chi connectivity index (χ0v) is 12.8. The molecule has 0 radical (unpaired) electrons. The van der Waals surface area contributed by atoms with Gasteiger partial charge < -0.3 is 10.6 Å². The van der Waals surface area contributed by atoms with Gasteiger partial charge in [0, 0.05) is 32.2 Å². The molecule has 0 saturated heterocycles. The molecule has 102 valence electrons. The number of thioether (sulfide) groups is 2. The van der Waals surface area contributed by atoms with E-state index >= 15 is 0 Å². The van der Waals surface area contributed by atoms with Crippen molar-refractivity contribution in [1.82, 2.24) is 10.6 Å². The SMILES string of the molecule is CNC(=O)CCCC(=O)NCCSC.CSC. The summed E-state index contributed by atoms with van der Waals surface area (Å²) >= 11 is 3.45. The van der Waals surface area contributed by atoms with Gasteiger partial charge in [0.15, 0.2) is 0 Å². The van der Waals surface area contributed by atoms with Crippen LogP contribution in [0.4, 0.5) is 0 Å². The molecule has 0 aliphatic heterocycles. The van der Waals surface area contributed by atoms with E-state index in [1.165, 1.54) is 0 Å². The monoisotopic (exact) mass is 280 g/mol. The quantitative estimate of drug-likeness (QED) is 0.691. The fraction of sp³-hybridized carbons (Fsp3) is 0.818. The molecule has 0 aliphatic rings. The van der Waals surface area contributed by atoms with Crippen LogP contribution in [0.15, 0.2) is 0 Å². The van der Waals surface area contributed by atoms with E-state index in [1.807, 2.05) is 18.8 Å². The molecule has 0 aromatic rings. The predicted molar refractivity (Wildman–Crippen MR) is 78.7 cm³/mol. The average Bonchev–Trinajstić information content (AvgIpc) is 2.30. The van der Waals surface area contributed by atoms with E-state index in [9.17, 15) is 9.59 Å². The van der Waals surface area contributed by atoms with Gasteiger partial charge in [0.2, 0.25) is 11.8 Å². The van der Waals surface area contributed by atoms with E-state index in [4.69, 9.17) is 0 Å². The summed E-state index contributed by atoms with van der Waals surface area (Å²) in [7, 11) is 1.60. The number of amides is 2. The van der Waals surface area contributed by atoms with Crippen LogP contribution in [0.25, 0.3) is 0 Å². The summed E-state index contributed by atoms with van der Waals surface area (Å²) in [5, 5.41) is 5.30. The van der Waals surface area contributed by atoms with Crippen LogP contribution in [0.3, 0.4) is 0 Å². The van der Waals surface area contributed by atoms with Crippen molar-refractivity contribution in [3.8, 4) is 0 Å². The van der Waals surface area contributed by atoms with Crippen molar-refractivity contribution in [2.45, 2.75) is 19.3 Å². The molecule has 0 spiro atoms. The van der Waals surface area contributed by atoms with Crippen molar-refractivity contribution in [3.63, 3.8) is 0 Å². The van der Waals surface area contributed by atoms with Crippen molar-refractivity contribution in [3.05, 3.63) is 0 Å². The van der Waals surface area contributed by atoms with Gasteiger partial charge in [-0.1, -0.05) is 0 Å². The number of carbonyl (C=O) groups excluding carboxylic acids is 2. The summed E-state index contributed by atoms with van der Waals surface area (Å²) in [6, 6.07) is 0. The smallest absolute Gasteiger partial charge is 0.220 e. The van der Waals surface area contributed by atoms with Crippen molar-refractivity contribution in [1.29, 1.82) is 0 Å². The molecule has 0 bridgehead atoms. The Morgan fingerprint density at radius 3 is 2.06 bits per heavy atom. The van der Waals surface area contributed by atoms with Crippen LogP contribution in [-0.4, -0.2) is 49.9 Å². The van der Waals surface area contributed by atoms with Crippen molar-refractivity contribution >= 4 is 35.3 Å². The Morgan fingerprint density at radius 1 is 1.06 bits per heavy atom. The highest BCUT2D eigenvalue weighted by Gasteiger charge is 2.02. The number of hydrogen-bond acceptors (Lipinski definition) is 4. The van der Waals surface area contributed by atoms with E-state index in [0.29, 0.717) is 25.8 Å². The fourth-order valence-corrected chi connectivity index (χ4v) is 1.22. The highest BCUT2D eigenvalue weighted by Crippen LogP contribution is 1.95. The lowest BCUT2D eigenvalue weighted by molar-refractivity contribution is -0.122. The van der Waals surface area contributed by atoms with Crippen LogP contribution in [-0.2, 0) is 9.59 Å². The summed E-state index contributed by atoms with van der Waals surface area (Å²) in [5.41, 5.74) is 0. The first-order valence-electron chi connectivity index (χ1n) is 5.48. The Labute approximate surface area is 113 Å². The lowest BCUT2D eigenvalue weighted by Gasteiger charge is -2.03. The largest absolute Gasteiger partial charge is 0.359 e. The summed E-state index contributed by atoms with van der Waals surface area (Å²) in [5.74, 6) is 0.950. The number of carbonyl (C=O) groups is 2. The molecule has 0 aromatic heterocycles. The van der Waals surface area contributed by atoms with Gasteiger partial charge in [0.25, 0.3) is 0 Å². The third-order valence-electron chi connectivity index (χ3n) is 1.71. The summed E-state index contributed by atoms with van der Waals surface area (Å²) in [4.78, 5) is 21.9. The van der Waals surface area contributed by atoms with Crippen LogP contribution in [0.1, 0.15) is 19.3 Å². The number of nitrogens with one attached hydrogen (secondary N) is 2. The molecule has 4 nitrogen and oxygen atoms in total. The summed E-state index contributed by atoms with van der Waals surface area (Å²) in [6.07, 6.45) is 7.55. The maximum Gasteiger partial charge on any atom is 0.220 e. The Bertz CT molecular complexity index is 202. The van der Waals surface area contributed by atoms with Gasteiger partial charge in [0.1, 0.15) is 0 Å². The van der Waals surface area contributed by atoms with Crippen molar-refractivity contribution in [2.24, 2.45) is 0 Å². The second-order valence-electron chi connectivity index (χ2n) is 3.28. The zero-order valence-electron chi connectivity index (χ0n) is 11.2. The van der Waals surface area contributed by atoms with Crippen LogP contribution < -0.4 is 10.6 Å². The molecule has 0 fully saturated rings. The Balaban J connectivity index is 0. The summed E-state index contributed by atoms with van der Waals surface area (Å²) < 4.78 is 0. The van der Waals surface area contributed by atoms with E-state index < -0.39 is 0 Å². The van der Waals surface area contributed by atoms with Gasteiger partial charge in [0.05, 0.1) is 0 Å². The van der Waals surface area contributed by atoms with Gasteiger partial charge in [-0.3, -0.25) is 9.59 Å². The maximum atomic E-state index is 11.1. The van der Waals surface area contributed by atoms with Crippen LogP contribution in [0, 0.1) is 0 Å². The first-order chi connectivity index (χ1) is 8.12. The maximum absolute atomic E-state index is 11.1. The second kappa shape index (κ2) is 15.6. The molecule has 0 aromatic carbocycles. The lowest BCUT2D eigenvalue weighted by atomic mass is 10.2. The summed E-state index contributed by atoms with van der Waals surface area (Å²) in [6.45, 7) is 0.708. The van der Waals surface area contributed by atoms with Crippen LogP contribution in [0.5, 0.6) is 0 Å². The first-order valence-corrected chi connectivity index (χ1v) is 8.51. The molecule has 0 saturated carbocycles. The minimum atomic E-state index is -0.0121. The molecule has 17 heavy (non-hydrogen) atoms. The van der Waals surface area contributed by atoms with Gasteiger partial charge in [-0.25, -0.2) is 0 Å². The Kier molecular flexibility index (Phi) is 17.5. The third-order valence-corrected chi connectivity index (χ3v) is 2.33. The van der Waals surface area contributed by atoms with Gasteiger partial charge in [-0.05, 0) is 25.2 Å². The van der Waals surface area contributed by atoms with Crippen LogP contribution in [0.2, 0.25) is 0 Å². The van der Waals surface area contributed by atoms with E-state index in [2.05, 4.69) is 10.6 Å². The molecular formula is C11H24N2O2S2. The lowest BCUT2D eigenvalue weighted by Crippen LogP contribution is -2.26. The molecule has 0 aliphatic carbocycles. The topological polar surface area (TPSA) is 58.2 Å². The Morgan fingerprint density at radius 2 is 1.59 bits per heavy atom. The Hall–Kier alpha value is -0.360. The number of rotatable bonds is 7. The highest BCUT2D eigenvalue weighted by atomic mass is 32.2. The third kappa shape index (κ3) is 18.2. The van der Waals surface area contributed by atoms with Crippen LogP contribution >= 0.6 is 23.5 Å². The molecule has 0 rings (SSSR count). The van der Waals surface area contributed by atoms with E-state index in [0.717, 1.165) is 5.75 Å². The normalized spacial score (nSPS) is 8.94. The standard InChI is InChI=1S/C9H18N2O2S.C2H6S/c1-10-8(12)4-3-5-9(13)11-6-7-14-2;1-3-2/h3-7H2,1-2H3,(H,10,12)(H,11,13);1-2H3. The van der Waals surface area contributed by atoms with E-state index in [1.54, 1.807) is 30.6 Å². The highest BCUT2D eigenvalue weighted by molar-refractivity contribution is 7.98. The van der Waals surface area contributed by atoms with Crippen molar-refractivity contribution in [2.75, 3.05) is 38.1 Å². The minimum absolute atomic E-state index is 0.0121. The van der Waals surface area contributed by atoms with Gasteiger partial charge >= 0.3 is 0 Å². The van der Waals surface area contributed by atoms with Crippen molar-refractivity contribution < 1.29 is 9.59 Å². The number of hydrogen-bond donors (Lipinski definition) is 2. The molecular weight excluding hydrogens is 256 g/mol. The van der Waals surface area contributed by atoms with Gasteiger partial charge in [-0.15, -0.1) is 0 Å². The molecule has 0 atom stereocenters. The van der Waals surface area contributed by atoms with E-state index in [-0.39, 0.29) is 11.8 Å². The fourth-order valence-electron chi connectivity index (χ4n) is 0.915. The predicted octanol–water partition coefficient (Wildman–Crippen LogP) is 1.36.